The van der Waals surface area contributed by atoms with Gasteiger partial charge in [-0.25, -0.2) is 18.6 Å². The van der Waals surface area contributed by atoms with Gasteiger partial charge < -0.3 is 32.9 Å². The van der Waals surface area contributed by atoms with Crippen molar-refractivity contribution in [3.05, 3.63) is 74.7 Å². The first-order valence-electron chi connectivity index (χ1n) is 12.1. The monoisotopic (exact) mass is 565 g/mol. The first kappa shape index (κ1) is 27.1. The smallest absolute Gasteiger partial charge is 0.395 e. The molecule has 3 heterocycles. The lowest BCUT2D eigenvalue weighted by Gasteiger charge is -2.18. The van der Waals surface area contributed by atoms with Gasteiger partial charge in [-0.2, -0.15) is 4.98 Å². The lowest BCUT2D eigenvalue weighted by molar-refractivity contribution is 0.00710. The minimum Gasteiger partial charge on any atom is -0.395 e. The predicted molar refractivity (Wildman–Crippen MR) is 135 cm³/mol. The minimum absolute atomic E-state index is 0.0204. The van der Waals surface area contributed by atoms with Gasteiger partial charge in [0.25, 0.3) is 5.56 Å². The number of nitrogens with one attached hydrogen (secondary N) is 1. The topological polar surface area (TPSA) is 161 Å². The number of fused-ring (bicyclic) bond motifs is 1. The molecule has 208 valence electrons. The number of nitrogen functional groups attached to an aromatic ring is 1. The van der Waals surface area contributed by atoms with Gasteiger partial charge in [0.05, 0.1) is 19.5 Å². The van der Waals surface area contributed by atoms with E-state index in [4.69, 9.17) is 28.4 Å². The highest BCUT2D eigenvalue weighted by molar-refractivity contribution is 7.46. The van der Waals surface area contributed by atoms with Crippen LogP contribution >= 0.6 is 8.38 Å². The molecule has 1 aromatic carbocycles. The molecule has 15 heteroatoms. The number of benzene rings is 1. The van der Waals surface area contributed by atoms with Crippen molar-refractivity contribution < 1.29 is 31.4 Å². The van der Waals surface area contributed by atoms with E-state index in [1.165, 1.54) is 6.33 Å². The number of hydrogen-bond donors (Lipinski definition) is 2. The number of imidazole rings is 1. The van der Waals surface area contributed by atoms with Crippen LogP contribution in [0.15, 0.2) is 55.1 Å². The van der Waals surface area contributed by atoms with E-state index >= 15 is 0 Å². The third kappa shape index (κ3) is 6.77. The third-order valence-electron chi connectivity index (χ3n) is 6.17. The average molecular weight is 565 g/mol. The van der Waals surface area contributed by atoms with Crippen LogP contribution in [0.4, 0.5) is 14.7 Å². The second kappa shape index (κ2) is 11.7. The number of rotatable bonds is 12. The standard InChI is InChI=1S/C24H26F2N5O7P/c25-24(26)7-6-16(10-24)19-17(37-23(33)38-19)12-36-39(35-11-15-4-2-1-3-5-15)14-34-9-8-31-13-28-18-20(31)29-22(27)30-21(18)32/h1-5,13,16H,6-12,14H2,(H3,27,29,30,32). The van der Waals surface area contributed by atoms with E-state index in [1.54, 1.807) is 4.57 Å². The second-order valence-corrected chi connectivity index (χ2v) is 10.4. The molecular weight excluding hydrogens is 539 g/mol. The molecule has 1 saturated carbocycles. The van der Waals surface area contributed by atoms with Crippen LogP contribution < -0.4 is 17.1 Å². The maximum absolute atomic E-state index is 13.7. The van der Waals surface area contributed by atoms with E-state index in [-0.39, 0.29) is 62.0 Å². The van der Waals surface area contributed by atoms with Gasteiger partial charge in [-0.1, -0.05) is 30.3 Å². The van der Waals surface area contributed by atoms with Crippen LogP contribution in [0.1, 0.15) is 42.3 Å². The number of aromatic amines is 1. The first-order chi connectivity index (χ1) is 18.8. The van der Waals surface area contributed by atoms with Crippen LogP contribution in [0.25, 0.3) is 11.2 Å². The van der Waals surface area contributed by atoms with Gasteiger partial charge in [0.2, 0.25) is 11.9 Å². The Hall–Kier alpha value is -3.45. The molecule has 1 aliphatic carbocycles. The highest BCUT2D eigenvalue weighted by Crippen LogP contribution is 2.46. The summed E-state index contributed by atoms with van der Waals surface area (Å²) >= 11 is 0. The van der Waals surface area contributed by atoms with Crippen LogP contribution in [0.2, 0.25) is 0 Å². The Kier molecular flexibility index (Phi) is 8.17. The summed E-state index contributed by atoms with van der Waals surface area (Å²) < 4.78 is 57.0. The molecule has 0 bridgehead atoms. The quantitative estimate of drug-likeness (QED) is 0.191. The van der Waals surface area contributed by atoms with E-state index < -0.39 is 38.0 Å². The molecule has 5 rings (SSSR count). The summed E-state index contributed by atoms with van der Waals surface area (Å²) in [6.45, 7) is 0.570. The fourth-order valence-corrected chi connectivity index (χ4v) is 5.36. The molecule has 2 atom stereocenters. The van der Waals surface area contributed by atoms with Crippen LogP contribution in [-0.4, -0.2) is 38.4 Å². The number of nitrogens with zero attached hydrogens (tertiary/aromatic N) is 3. The van der Waals surface area contributed by atoms with Gasteiger partial charge in [-0.3, -0.25) is 9.78 Å². The highest BCUT2D eigenvalue weighted by atomic mass is 31.2. The molecule has 0 saturated heterocycles. The van der Waals surface area contributed by atoms with Gasteiger partial charge in [-0.15, -0.1) is 0 Å². The molecule has 1 aliphatic rings. The predicted octanol–water partition coefficient (Wildman–Crippen LogP) is 3.87. The molecule has 3 aromatic heterocycles. The van der Waals surface area contributed by atoms with Crippen molar-refractivity contribution in [3.8, 4) is 0 Å². The molecule has 2 unspecified atom stereocenters. The summed E-state index contributed by atoms with van der Waals surface area (Å²) in [6, 6.07) is 9.43. The number of alkyl halides is 2. The van der Waals surface area contributed by atoms with Gasteiger partial charge >= 0.3 is 5.82 Å². The Bertz CT molecular complexity index is 1520. The zero-order chi connectivity index (χ0) is 27.4. The molecule has 0 radical (unpaired) electrons. The Morgan fingerprint density at radius 3 is 2.74 bits per heavy atom. The Labute approximate surface area is 221 Å². The van der Waals surface area contributed by atoms with Crippen LogP contribution in [0, 0.1) is 0 Å². The van der Waals surface area contributed by atoms with Gasteiger partial charge in [0, 0.05) is 25.3 Å². The van der Waals surface area contributed by atoms with Gasteiger partial charge in [0.1, 0.15) is 13.0 Å². The van der Waals surface area contributed by atoms with E-state index in [2.05, 4.69) is 15.0 Å². The average Bonchev–Trinajstić information content (AvgIpc) is 3.59. The molecule has 3 N–H and O–H groups in total. The minimum atomic E-state index is -2.81. The van der Waals surface area contributed by atoms with E-state index in [0.29, 0.717) is 12.2 Å². The summed E-state index contributed by atoms with van der Waals surface area (Å²) in [6.07, 6.45) is 1.01. The number of aromatic nitrogens is 4. The van der Waals surface area contributed by atoms with Crippen molar-refractivity contribution >= 4 is 25.5 Å². The highest BCUT2D eigenvalue weighted by Gasteiger charge is 2.43. The molecular formula is C24H26F2N5O7P. The molecule has 1 fully saturated rings. The zero-order valence-corrected chi connectivity index (χ0v) is 21.6. The fraction of sp³-hybridized carbons (Fsp3) is 0.417. The third-order valence-corrected chi connectivity index (χ3v) is 7.40. The van der Waals surface area contributed by atoms with Crippen molar-refractivity contribution in [1.82, 2.24) is 19.5 Å². The molecule has 39 heavy (non-hydrogen) atoms. The summed E-state index contributed by atoms with van der Waals surface area (Å²) in [4.78, 5) is 34.3. The van der Waals surface area contributed by atoms with E-state index in [9.17, 15) is 18.4 Å². The van der Waals surface area contributed by atoms with Crippen molar-refractivity contribution in [2.45, 2.75) is 50.9 Å². The van der Waals surface area contributed by atoms with Crippen molar-refractivity contribution in [2.24, 2.45) is 0 Å². The van der Waals surface area contributed by atoms with E-state index in [0.717, 1.165) is 5.56 Å². The Morgan fingerprint density at radius 1 is 1.18 bits per heavy atom. The summed E-state index contributed by atoms with van der Waals surface area (Å²) in [7, 11) is -1.65. The lowest BCUT2D eigenvalue weighted by atomic mass is 10.0. The lowest BCUT2D eigenvalue weighted by Crippen LogP contribution is -2.13. The largest absolute Gasteiger partial charge is 0.519 e. The van der Waals surface area contributed by atoms with Crippen LogP contribution in [0.3, 0.4) is 0 Å². The number of nitrogens with two attached hydrogens (primary N) is 1. The molecule has 0 spiro atoms. The Morgan fingerprint density at radius 2 is 1.97 bits per heavy atom. The van der Waals surface area contributed by atoms with Crippen molar-refractivity contribution in [3.63, 3.8) is 0 Å². The van der Waals surface area contributed by atoms with Crippen molar-refractivity contribution in [1.29, 1.82) is 0 Å². The van der Waals surface area contributed by atoms with E-state index in [1.807, 2.05) is 30.3 Å². The fourth-order valence-electron chi connectivity index (χ4n) is 4.30. The summed E-state index contributed by atoms with van der Waals surface area (Å²) in [5.41, 5.74) is 6.61. The van der Waals surface area contributed by atoms with Crippen LogP contribution in [0.5, 0.6) is 0 Å². The van der Waals surface area contributed by atoms with Gasteiger partial charge in [-0.05, 0) is 12.0 Å². The SMILES string of the molecule is Nc1nc2c(ncn2CCOCP(OCc2ccccc2)OCc2oc(=O)oc2C2CCC(F)(F)C2)c(=O)[nH]1. The number of hydrogen-bond acceptors (Lipinski definition) is 10. The molecule has 0 aliphatic heterocycles. The van der Waals surface area contributed by atoms with Gasteiger partial charge in [0.15, 0.2) is 31.1 Å². The molecule has 4 aromatic rings. The normalized spacial score (nSPS) is 17.6. The van der Waals surface area contributed by atoms with Crippen molar-refractivity contribution in [2.75, 3.05) is 18.7 Å². The number of ether oxygens (including phenoxy) is 1. The molecule has 12 nitrogen and oxygen atoms in total. The van der Waals surface area contributed by atoms with Crippen LogP contribution in [-0.2, 0) is 33.5 Å². The number of H-pyrrole nitrogens is 1. The first-order valence-corrected chi connectivity index (χ1v) is 13.5. The number of anilines is 1. The second-order valence-electron chi connectivity index (χ2n) is 9.00. The summed E-state index contributed by atoms with van der Waals surface area (Å²) in [5, 5.41) is 0. The maximum atomic E-state index is 13.7. The Balaban J connectivity index is 1.21. The molecule has 0 amide bonds. The maximum Gasteiger partial charge on any atom is 0.519 e. The zero-order valence-electron chi connectivity index (χ0n) is 20.7. The number of halogens is 2. The summed E-state index contributed by atoms with van der Waals surface area (Å²) in [5.74, 6) is -4.27.